The highest BCUT2D eigenvalue weighted by Gasteiger charge is 2.20. The van der Waals surface area contributed by atoms with Crippen molar-refractivity contribution < 1.29 is 9.47 Å². The van der Waals surface area contributed by atoms with Crippen LogP contribution in [-0.4, -0.2) is 13.2 Å². The topological polar surface area (TPSA) is 42.2 Å². The summed E-state index contributed by atoms with van der Waals surface area (Å²) in [4.78, 5) is 0. The quantitative estimate of drug-likeness (QED) is 0.738. The lowest BCUT2D eigenvalue weighted by molar-refractivity contribution is 0.171. The van der Waals surface area contributed by atoms with Crippen molar-refractivity contribution in [2.45, 2.75) is 0 Å². The van der Waals surface area contributed by atoms with Gasteiger partial charge >= 0.3 is 0 Å². The van der Waals surface area contributed by atoms with E-state index in [2.05, 4.69) is 37.9 Å². The fourth-order valence-electron chi connectivity index (χ4n) is 1.23. The van der Waals surface area contributed by atoms with Gasteiger partial charge in [0.25, 0.3) is 0 Å². The summed E-state index contributed by atoms with van der Waals surface area (Å²) in [5.41, 5.74) is 0.467. The van der Waals surface area contributed by atoms with E-state index < -0.39 is 0 Å². The average molecular weight is 319 g/mol. The lowest BCUT2D eigenvalue weighted by Gasteiger charge is -2.20. The van der Waals surface area contributed by atoms with E-state index in [0.717, 1.165) is 4.47 Å². The normalized spacial score (nSPS) is 13.5. The molecule has 0 unspecified atom stereocenters. The zero-order valence-electron chi connectivity index (χ0n) is 7.01. The minimum absolute atomic E-state index is 0.467. The highest BCUT2D eigenvalue weighted by Crippen LogP contribution is 2.42. The van der Waals surface area contributed by atoms with E-state index in [4.69, 9.17) is 14.7 Å². The zero-order chi connectivity index (χ0) is 10.1. The summed E-state index contributed by atoms with van der Waals surface area (Å²) in [6.45, 7) is 1.00. The molecular weight excluding hydrogens is 314 g/mol. The highest BCUT2D eigenvalue weighted by atomic mass is 79.9. The first-order valence-corrected chi connectivity index (χ1v) is 5.50. The van der Waals surface area contributed by atoms with Gasteiger partial charge in [-0.05, 0) is 37.9 Å². The SMILES string of the molecule is N#Cc1c(Br)c(Br)cc2c1OCCO2. The Balaban J connectivity index is 2.67. The molecule has 1 aliphatic rings. The molecule has 0 fully saturated rings. The van der Waals surface area contributed by atoms with E-state index in [-0.39, 0.29) is 0 Å². The minimum atomic E-state index is 0.467. The molecule has 0 bridgehead atoms. The van der Waals surface area contributed by atoms with Gasteiger partial charge in [0.05, 0.1) is 4.47 Å². The number of nitriles is 1. The summed E-state index contributed by atoms with van der Waals surface area (Å²) in [6.07, 6.45) is 0. The first-order chi connectivity index (χ1) is 6.74. The fourth-order valence-corrected chi connectivity index (χ4v) is 2.02. The molecule has 1 aromatic rings. The molecule has 0 atom stereocenters. The van der Waals surface area contributed by atoms with Crippen molar-refractivity contribution in [3.05, 3.63) is 20.6 Å². The van der Waals surface area contributed by atoms with Crippen LogP contribution in [0, 0.1) is 11.3 Å². The smallest absolute Gasteiger partial charge is 0.180 e. The van der Waals surface area contributed by atoms with Crippen LogP contribution in [0.2, 0.25) is 0 Å². The van der Waals surface area contributed by atoms with Gasteiger partial charge in [0.2, 0.25) is 0 Å². The molecule has 72 valence electrons. The summed E-state index contributed by atoms with van der Waals surface area (Å²) in [5.74, 6) is 1.14. The molecule has 2 rings (SSSR count). The van der Waals surface area contributed by atoms with Gasteiger partial charge in [-0.1, -0.05) is 0 Å². The standard InChI is InChI=1S/C9H5Br2NO2/c10-6-3-7-9(14-2-1-13-7)5(4-12)8(6)11/h3H,1-2H2. The molecule has 5 heteroatoms. The molecule has 14 heavy (non-hydrogen) atoms. The van der Waals surface area contributed by atoms with Crippen molar-refractivity contribution in [3.8, 4) is 17.6 Å². The van der Waals surface area contributed by atoms with Crippen molar-refractivity contribution >= 4 is 31.9 Å². The maximum atomic E-state index is 8.96. The molecule has 1 heterocycles. The van der Waals surface area contributed by atoms with Crippen LogP contribution in [0.1, 0.15) is 5.56 Å². The Hall–Kier alpha value is -0.730. The lowest BCUT2D eigenvalue weighted by atomic mass is 10.2. The third kappa shape index (κ3) is 1.49. The number of nitrogens with zero attached hydrogens (tertiary/aromatic N) is 1. The minimum Gasteiger partial charge on any atom is -0.486 e. The van der Waals surface area contributed by atoms with Crippen LogP contribution in [0.5, 0.6) is 11.5 Å². The summed E-state index contributed by atoms with van der Waals surface area (Å²) < 4.78 is 12.2. The summed E-state index contributed by atoms with van der Waals surface area (Å²) in [7, 11) is 0. The Labute approximate surface area is 97.9 Å². The number of rotatable bonds is 0. The van der Waals surface area contributed by atoms with Crippen molar-refractivity contribution in [2.24, 2.45) is 0 Å². The van der Waals surface area contributed by atoms with Crippen LogP contribution in [0.25, 0.3) is 0 Å². The van der Waals surface area contributed by atoms with Gasteiger partial charge in [0.1, 0.15) is 24.8 Å². The van der Waals surface area contributed by atoms with Gasteiger partial charge in [-0.15, -0.1) is 0 Å². The van der Waals surface area contributed by atoms with E-state index in [1.165, 1.54) is 0 Å². The molecule has 0 aromatic heterocycles. The maximum Gasteiger partial charge on any atom is 0.180 e. The van der Waals surface area contributed by atoms with E-state index in [9.17, 15) is 0 Å². The van der Waals surface area contributed by atoms with Gasteiger partial charge in [0.15, 0.2) is 11.5 Å². The van der Waals surface area contributed by atoms with Crippen molar-refractivity contribution in [1.29, 1.82) is 5.26 Å². The van der Waals surface area contributed by atoms with Crippen LogP contribution in [-0.2, 0) is 0 Å². The second-order valence-corrected chi connectivity index (χ2v) is 4.33. The fraction of sp³-hybridized carbons (Fsp3) is 0.222. The molecule has 0 saturated heterocycles. The molecule has 0 radical (unpaired) electrons. The van der Waals surface area contributed by atoms with E-state index in [1.807, 2.05) is 0 Å². The molecule has 0 spiro atoms. The van der Waals surface area contributed by atoms with E-state index in [0.29, 0.717) is 34.7 Å². The number of hydrogen-bond donors (Lipinski definition) is 0. The monoisotopic (exact) mass is 317 g/mol. The molecule has 0 N–H and O–H groups in total. The lowest BCUT2D eigenvalue weighted by Crippen LogP contribution is -2.16. The first kappa shape index (κ1) is 9.81. The molecule has 0 aliphatic carbocycles. The number of hydrogen-bond acceptors (Lipinski definition) is 3. The number of ether oxygens (including phenoxy) is 2. The van der Waals surface area contributed by atoms with Crippen molar-refractivity contribution in [1.82, 2.24) is 0 Å². The average Bonchev–Trinajstić information content (AvgIpc) is 2.20. The number of benzene rings is 1. The highest BCUT2D eigenvalue weighted by molar-refractivity contribution is 9.13. The van der Waals surface area contributed by atoms with Crippen molar-refractivity contribution in [2.75, 3.05) is 13.2 Å². The van der Waals surface area contributed by atoms with Crippen LogP contribution < -0.4 is 9.47 Å². The number of halogens is 2. The summed E-state index contributed by atoms with van der Waals surface area (Å²) in [5, 5.41) is 8.96. The number of fused-ring (bicyclic) bond motifs is 1. The third-order valence-corrected chi connectivity index (χ3v) is 3.82. The van der Waals surface area contributed by atoms with Gasteiger partial charge in [-0.3, -0.25) is 0 Å². The molecule has 1 aromatic carbocycles. The third-order valence-electron chi connectivity index (χ3n) is 1.84. The molecular formula is C9H5Br2NO2. The molecule has 0 amide bonds. The predicted octanol–water partition coefficient (Wildman–Crippen LogP) is 2.85. The predicted molar refractivity (Wildman–Crippen MR) is 57.5 cm³/mol. The van der Waals surface area contributed by atoms with E-state index in [1.54, 1.807) is 6.07 Å². The van der Waals surface area contributed by atoms with Crippen LogP contribution in [0.15, 0.2) is 15.0 Å². The molecule has 1 aliphatic heterocycles. The summed E-state index contributed by atoms with van der Waals surface area (Å²) >= 11 is 6.65. The Morgan fingerprint density at radius 1 is 1.29 bits per heavy atom. The maximum absolute atomic E-state index is 8.96. The Bertz CT molecular complexity index is 426. The summed E-state index contributed by atoms with van der Waals surface area (Å²) in [6, 6.07) is 3.87. The Morgan fingerprint density at radius 3 is 2.71 bits per heavy atom. The molecule has 3 nitrogen and oxygen atoms in total. The van der Waals surface area contributed by atoms with Crippen molar-refractivity contribution in [3.63, 3.8) is 0 Å². The molecule has 0 saturated carbocycles. The van der Waals surface area contributed by atoms with Gasteiger partial charge in [-0.25, -0.2) is 0 Å². The van der Waals surface area contributed by atoms with Crippen LogP contribution >= 0.6 is 31.9 Å². The van der Waals surface area contributed by atoms with Crippen LogP contribution in [0.4, 0.5) is 0 Å². The second kappa shape index (κ2) is 3.79. The Kier molecular flexibility index (Phi) is 2.66. The van der Waals surface area contributed by atoms with Crippen LogP contribution in [0.3, 0.4) is 0 Å². The largest absolute Gasteiger partial charge is 0.486 e. The first-order valence-electron chi connectivity index (χ1n) is 3.91. The van der Waals surface area contributed by atoms with Gasteiger partial charge < -0.3 is 9.47 Å². The Morgan fingerprint density at radius 2 is 2.00 bits per heavy atom. The van der Waals surface area contributed by atoms with Gasteiger partial charge in [-0.2, -0.15) is 5.26 Å². The second-order valence-electron chi connectivity index (χ2n) is 2.68. The van der Waals surface area contributed by atoms with Gasteiger partial charge in [0, 0.05) is 4.47 Å². The van der Waals surface area contributed by atoms with E-state index >= 15 is 0 Å². The zero-order valence-corrected chi connectivity index (χ0v) is 10.2.